The summed E-state index contributed by atoms with van der Waals surface area (Å²) >= 11 is 0. The van der Waals surface area contributed by atoms with Crippen LogP contribution in [0.2, 0.25) is 0 Å². The third kappa shape index (κ3) is 3.92. The molecule has 0 amide bonds. The SMILES string of the molecule is CCNc1ccccc1S(=O)(=O)NCC1COCCO1. The van der Waals surface area contributed by atoms with Gasteiger partial charge in [-0.1, -0.05) is 12.1 Å². The monoisotopic (exact) mass is 300 g/mol. The highest BCUT2D eigenvalue weighted by molar-refractivity contribution is 7.89. The van der Waals surface area contributed by atoms with Gasteiger partial charge in [-0.25, -0.2) is 13.1 Å². The molecule has 1 aliphatic heterocycles. The number of benzene rings is 1. The van der Waals surface area contributed by atoms with E-state index in [1.165, 1.54) is 0 Å². The predicted molar refractivity (Wildman–Crippen MR) is 76.4 cm³/mol. The van der Waals surface area contributed by atoms with Crippen molar-refractivity contribution in [3.05, 3.63) is 24.3 Å². The normalized spacial score (nSPS) is 19.8. The number of ether oxygens (including phenoxy) is 2. The lowest BCUT2D eigenvalue weighted by Gasteiger charge is -2.23. The van der Waals surface area contributed by atoms with Crippen LogP contribution >= 0.6 is 0 Å². The molecule has 6 nitrogen and oxygen atoms in total. The van der Waals surface area contributed by atoms with E-state index < -0.39 is 10.0 Å². The molecule has 1 atom stereocenters. The van der Waals surface area contributed by atoms with Crippen molar-refractivity contribution < 1.29 is 17.9 Å². The van der Waals surface area contributed by atoms with E-state index in [4.69, 9.17) is 9.47 Å². The second-order valence-electron chi connectivity index (χ2n) is 4.45. The Kier molecular flexibility index (Phi) is 5.36. The van der Waals surface area contributed by atoms with E-state index >= 15 is 0 Å². The lowest BCUT2D eigenvalue weighted by atomic mass is 10.3. The minimum absolute atomic E-state index is 0.211. The predicted octanol–water partition coefficient (Wildman–Crippen LogP) is 0.812. The van der Waals surface area contributed by atoms with Crippen molar-refractivity contribution in [3.63, 3.8) is 0 Å². The lowest BCUT2D eigenvalue weighted by Crippen LogP contribution is -2.39. The Morgan fingerprint density at radius 2 is 2.10 bits per heavy atom. The van der Waals surface area contributed by atoms with Gasteiger partial charge in [-0.3, -0.25) is 0 Å². The van der Waals surface area contributed by atoms with Crippen LogP contribution < -0.4 is 10.0 Å². The molecule has 2 rings (SSSR count). The number of hydrogen-bond donors (Lipinski definition) is 2. The van der Waals surface area contributed by atoms with Crippen molar-refractivity contribution in [2.75, 3.05) is 38.2 Å². The maximum atomic E-state index is 12.3. The fourth-order valence-electron chi connectivity index (χ4n) is 1.97. The lowest BCUT2D eigenvalue weighted by molar-refractivity contribution is -0.0846. The van der Waals surface area contributed by atoms with E-state index in [-0.39, 0.29) is 17.5 Å². The van der Waals surface area contributed by atoms with Gasteiger partial charge in [0, 0.05) is 13.1 Å². The molecule has 0 radical (unpaired) electrons. The number of hydrogen-bond acceptors (Lipinski definition) is 5. The molecule has 1 heterocycles. The van der Waals surface area contributed by atoms with Gasteiger partial charge in [0.15, 0.2) is 0 Å². The maximum Gasteiger partial charge on any atom is 0.242 e. The highest BCUT2D eigenvalue weighted by Gasteiger charge is 2.21. The molecular weight excluding hydrogens is 280 g/mol. The molecule has 0 aromatic heterocycles. The van der Waals surface area contributed by atoms with Gasteiger partial charge < -0.3 is 14.8 Å². The fraction of sp³-hybridized carbons (Fsp3) is 0.538. The Hall–Kier alpha value is -1.15. The molecule has 1 saturated heterocycles. The van der Waals surface area contributed by atoms with Crippen LogP contribution in [0.25, 0.3) is 0 Å². The van der Waals surface area contributed by atoms with Crippen molar-refractivity contribution in [2.45, 2.75) is 17.9 Å². The average molecular weight is 300 g/mol. The molecule has 1 unspecified atom stereocenters. The van der Waals surface area contributed by atoms with Crippen LogP contribution in [0.15, 0.2) is 29.2 Å². The van der Waals surface area contributed by atoms with Gasteiger partial charge >= 0.3 is 0 Å². The summed E-state index contributed by atoms with van der Waals surface area (Å²) in [5.74, 6) is 0. The van der Waals surface area contributed by atoms with Crippen molar-refractivity contribution in [1.29, 1.82) is 0 Å². The van der Waals surface area contributed by atoms with Crippen LogP contribution in [0.5, 0.6) is 0 Å². The molecule has 1 fully saturated rings. The Morgan fingerprint density at radius 3 is 2.80 bits per heavy atom. The van der Waals surface area contributed by atoms with Crippen molar-refractivity contribution in [1.82, 2.24) is 4.72 Å². The van der Waals surface area contributed by atoms with E-state index in [0.29, 0.717) is 32.1 Å². The zero-order valence-corrected chi connectivity index (χ0v) is 12.3. The molecule has 1 aromatic carbocycles. The molecule has 112 valence electrons. The molecule has 0 aliphatic carbocycles. The minimum atomic E-state index is -3.56. The Labute approximate surface area is 119 Å². The van der Waals surface area contributed by atoms with Crippen LogP contribution in [-0.2, 0) is 19.5 Å². The van der Waals surface area contributed by atoms with Crippen LogP contribution in [0.3, 0.4) is 0 Å². The van der Waals surface area contributed by atoms with E-state index in [0.717, 1.165) is 0 Å². The van der Waals surface area contributed by atoms with Crippen LogP contribution in [0.1, 0.15) is 6.92 Å². The smallest absolute Gasteiger partial charge is 0.242 e. The summed E-state index contributed by atoms with van der Waals surface area (Å²) in [6.45, 7) is 4.27. The summed E-state index contributed by atoms with van der Waals surface area (Å²) in [6.07, 6.45) is -0.232. The summed E-state index contributed by atoms with van der Waals surface area (Å²) in [5.41, 5.74) is 0.600. The Morgan fingerprint density at radius 1 is 1.30 bits per heavy atom. The number of rotatable bonds is 6. The standard InChI is InChI=1S/C13H20N2O4S/c1-2-14-12-5-3-4-6-13(12)20(16,17)15-9-11-10-18-7-8-19-11/h3-6,11,14-15H,2,7-10H2,1H3. The molecule has 7 heteroatoms. The zero-order valence-electron chi connectivity index (χ0n) is 11.5. The van der Waals surface area contributed by atoms with Gasteiger partial charge in [-0.2, -0.15) is 0 Å². The molecule has 0 spiro atoms. The van der Waals surface area contributed by atoms with E-state index in [9.17, 15) is 8.42 Å². The zero-order chi connectivity index (χ0) is 14.4. The van der Waals surface area contributed by atoms with Crippen molar-refractivity contribution in [3.8, 4) is 0 Å². The number of sulfonamides is 1. The van der Waals surface area contributed by atoms with Gasteiger partial charge in [-0.15, -0.1) is 0 Å². The third-order valence-corrected chi connectivity index (χ3v) is 4.41. The number of anilines is 1. The molecular formula is C13H20N2O4S. The molecule has 2 N–H and O–H groups in total. The molecule has 0 saturated carbocycles. The first-order valence-electron chi connectivity index (χ1n) is 6.65. The largest absolute Gasteiger partial charge is 0.384 e. The fourth-order valence-corrected chi connectivity index (χ4v) is 3.22. The van der Waals surface area contributed by atoms with Gasteiger partial charge in [0.25, 0.3) is 0 Å². The van der Waals surface area contributed by atoms with E-state index in [1.54, 1.807) is 24.3 Å². The first-order chi connectivity index (χ1) is 9.63. The van der Waals surface area contributed by atoms with E-state index in [2.05, 4.69) is 10.0 Å². The van der Waals surface area contributed by atoms with Crippen LogP contribution in [0, 0.1) is 0 Å². The minimum Gasteiger partial charge on any atom is -0.384 e. The summed E-state index contributed by atoms with van der Waals surface area (Å²) in [7, 11) is -3.56. The third-order valence-electron chi connectivity index (χ3n) is 2.93. The van der Waals surface area contributed by atoms with Gasteiger partial charge in [0.05, 0.1) is 31.6 Å². The number of nitrogens with one attached hydrogen (secondary N) is 2. The summed E-state index contributed by atoms with van der Waals surface area (Å²) in [6, 6.07) is 6.83. The van der Waals surface area contributed by atoms with Gasteiger partial charge in [0.2, 0.25) is 10.0 Å². The van der Waals surface area contributed by atoms with Gasteiger partial charge in [0.1, 0.15) is 4.90 Å². The molecule has 20 heavy (non-hydrogen) atoms. The first kappa shape index (κ1) is 15.2. The summed E-state index contributed by atoms with van der Waals surface area (Å²) in [5, 5.41) is 3.05. The molecule has 0 bridgehead atoms. The first-order valence-corrected chi connectivity index (χ1v) is 8.13. The van der Waals surface area contributed by atoms with Gasteiger partial charge in [-0.05, 0) is 19.1 Å². The van der Waals surface area contributed by atoms with Crippen molar-refractivity contribution >= 4 is 15.7 Å². The maximum absolute atomic E-state index is 12.3. The van der Waals surface area contributed by atoms with Crippen molar-refractivity contribution in [2.24, 2.45) is 0 Å². The topological polar surface area (TPSA) is 76.7 Å². The molecule has 1 aromatic rings. The highest BCUT2D eigenvalue weighted by atomic mass is 32.2. The summed E-state index contributed by atoms with van der Waals surface area (Å²) in [4.78, 5) is 0.249. The van der Waals surface area contributed by atoms with Crippen LogP contribution in [0.4, 0.5) is 5.69 Å². The second-order valence-corrected chi connectivity index (χ2v) is 6.18. The Balaban J connectivity index is 2.05. The quantitative estimate of drug-likeness (QED) is 0.813. The molecule has 1 aliphatic rings. The summed E-state index contributed by atoms with van der Waals surface area (Å²) < 4.78 is 37.9. The Bertz CT molecular complexity index is 527. The second kappa shape index (κ2) is 7.03. The number of para-hydroxylation sites is 1. The average Bonchev–Trinajstić information content (AvgIpc) is 2.47. The van der Waals surface area contributed by atoms with Crippen LogP contribution in [-0.4, -0.2) is 47.4 Å². The highest BCUT2D eigenvalue weighted by Crippen LogP contribution is 2.20. The van der Waals surface area contributed by atoms with E-state index in [1.807, 2.05) is 6.92 Å².